The predicted octanol–water partition coefficient (Wildman–Crippen LogP) is 2.04. The quantitative estimate of drug-likeness (QED) is 0.773. The van der Waals surface area contributed by atoms with Crippen LogP contribution in [0.15, 0.2) is 24.3 Å². The monoisotopic (exact) mass is 202 g/mol. The van der Waals surface area contributed by atoms with E-state index in [0.717, 1.165) is 23.7 Å². The van der Waals surface area contributed by atoms with Crippen molar-refractivity contribution in [1.29, 1.82) is 0 Å². The number of nitrogens with one attached hydrogen (secondary N) is 1. The van der Waals surface area contributed by atoms with Gasteiger partial charge in [-0.05, 0) is 31.8 Å². The summed E-state index contributed by atoms with van der Waals surface area (Å²) in [5.41, 5.74) is 2.90. The molecule has 0 saturated carbocycles. The van der Waals surface area contributed by atoms with Gasteiger partial charge in [-0.3, -0.25) is 4.79 Å². The van der Waals surface area contributed by atoms with Crippen molar-refractivity contribution in [3.05, 3.63) is 35.5 Å². The van der Waals surface area contributed by atoms with Gasteiger partial charge < -0.3 is 9.88 Å². The highest BCUT2D eigenvalue weighted by molar-refractivity contribution is 5.88. The van der Waals surface area contributed by atoms with Gasteiger partial charge in [0.1, 0.15) is 0 Å². The third-order valence-corrected chi connectivity index (χ3v) is 2.33. The molecule has 0 aliphatic rings. The number of hydrogen-bond donors (Lipinski definition) is 1. The molecule has 0 radical (unpaired) electrons. The maximum atomic E-state index is 10.6. The molecule has 1 N–H and O–H groups in total. The number of H-pyrrole nitrogens is 1. The zero-order valence-electron chi connectivity index (χ0n) is 8.95. The van der Waals surface area contributed by atoms with E-state index >= 15 is 0 Å². The number of benzene rings is 1. The van der Waals surface area contributed by atoms with E-state index in [2.05, 4.69) is 22.0 Å². The van der Waals surface area contributed by atoms with Gasteiger partial charge in [0.15, 0.2) is 6.29 Å². The average molecular weight is 202 g/mol. The van der Waals surface area contributed by atoms with Gasteiger partial charge >= 0.3 is 0 Å². The van der Waals surface area contributed by atoms with Gasteiger partial charge in [0.05, 0.1) is 5.69 Å². The van der Waals surface area contributed by atoms with Crippen LogP contribution in [0.2, 0.25) is 0 Å². The van der Waals surface area contributed by atoms with Crippen LogP contribution in [-0.4, -0.2) is 30.3 Å². The standard InChI is InChI=1S/C12H14N2O/c1-14(2)7-9-3-4-10-6-11(8-15)13-12(10)5-9/h3-6,8,13H,7H2,1-2H3. The first-order valence-corrected chi connectivity index (χ1v) is 4.90. The first kappa shape index (κ1) is 9.93. The number of aromatic nitrogens is 1. The van der Waals surface area contributed by atoms with Gasteiger partial charge in [0.25, 0.3) is 0 Å². The Balaban J connectivity index is 2.41. The smallest absolute Gasteiger partial charge is 0.166 e. The maximum absolute atomic E-state index is 10.6. The number of aromatic amines is 1. The van der Waals surface area contributed by atoms with Crippen LogP contribution in [0.25, 0.3) is 10.9 Å². The Bertz CT molecular complexity index is 485. The Morgan fingerprint density at radius 3 is 2.80 bits per heavy atom. The SMILES string of the molecule is CN(C)Cc1ccc2cc(C=O)[nH]c2c1. The molecule has 0 atom stereocenters. The number of nitrogens with zero attached hydrogens (tertiary/aromatic N) is 1. The Labute approximate surface area is 88.7 Å². The Hall–Kier alpha value is -1.61. The summed E-state index contributed by atoms with van der Waals surface area (Å²) in [7, 11) is 4.07. The number of rotatable bonds is 3. The number of hydrogen-bond acceptors (Lipinski definition) is 2. The Morgan fingerprint density at radius 2 is 2.13 bits per heavy atom. The molecule has 0 aliphatic carbocycles. The lowest BCUT2D eigenvalue weighted by atomic mass is 10.1. The minimum atomic E-state index is 0.631. The molecular weight excluding hydrogens is 188 g/mol. The van der Waals surface area contributed by atoms with E-state index in [0.29, 0.717) is 5.69 Å². The van der Waals surface area contributed by atoms with Crippen molar-refractivity contribution < 1.29 is 4.79 Å². The summed E-state index contributed by atoms with van der Waals surface area (Å²) < 4.78 is 0. The molecule has 0 amide bonds. The molecular formula is C12H14N2O. The highest BCUT2D eigenvalue weighted by atomic mass is 16.1. The van der Waals surface area contributed by atoms with Crippen molar-refractivity contribution in [3.63, 3.8) is 0 Å². The molecule has 0 bridgehead atoms. The zero-order chi connectivity index (χ0) is 10.8. The Kier molecular flexibility index (Phi) is 2.56. The fraction of sp³-hybridized carbons (Fsp3) is 0.250. The topological polar surface area (TPSA) is 36.1 Å². The van der Waals surface area contributed by atoms with Crippen LogP contribution in [0.1, 0.15) is 16.1 Å². The molecule has 15 heavy (non-hydrogen) atoms. The zero-order valence-corrected chi connectivity index (χ0v) is 8.95. The van der Waals surface area contributed by atoms with Crippen molar-refractivity contribution in [2.45, 2.75) is 6.54 Å². The van der Waals surface area contributed by atoms with Gasteiger partial charge in [-0.15, -0.1) is 0 Å². The molecule has 3 heteroatoms. The second-order valence-electron chi connectivity index (χ2n) is 4.00. The highest BCUT2D eigenvalue weighted by Gasteiger charge is 2.01. The van der Waals surface area contributed by atoms with E-state index in [1.54, 1.807) is 0 Å². The molecule has 0 unspecified atom stereocenters. The van der Waals surface area contributed by atoms with Crippen LogP contribution in [0, 0.1) is 0 Å². The van der Waals surface area contributed by atoms with Crippen LogP contribution >= 0.6 is 0 Å². The van der Waals surface area contributed by atoms with Crippen molar-refractivity contribution in [2.75, 3.05) is 14.1 Å². The predicted molar refractivity (Wildman–Crippen MR) is 61.1 cm³/mol. The normalized spacial score (nSPS) is 11.1. The molecule has 3 nitrogen and oxygen atoms in total. The molecule has 1 heterocycles. The molecule has 0 aliphatic heterocycles. The van der Waals surface area contributed by atoms with Crippen LogP contribution < -0.4 is 0 Å². The lowest BCUT2D eigenvalue weighted by Gasteiger charge is -2.09. The highest BCUT2D eigenvalue weighted by Crippen LogP contribution is 2.16. The van der Waals surface area contributed by atoms with Gasteiger partial charge in [0, 0.05) is 17.4 Å². The van der Waals surface area contributed by atoms with E-state index < -0.39 is 0 Å². The van der Waals surface area contributed by atoms with Gasteiger partial charge in [0.2, 0.25) is 0 Å². The summed E-state index contributed by atoms with van der Waals surface area (Å²) in [5, 5.41) is 1.08. The van der Waals surface area contributed by atoms with Crippen molar-refractivity contribution >= 4 is 17.2 Å². The average Bonchev–Trinajstić information content (AvgIpc) is 2.58. The second-order valence-corrected chi connectivity index (χ2v) is 4.00. The number of aldehydes is 1. The maximum Gasteiger partial charge on any atom is 0.166 e. The minimum absolute atomic E-state index is 0.631. The summed E-state index contributed by atoms with van der Waals surface area (Å²) in [4.78, 5) is 15.8. The summed E-state index contributed by atoms with van der Waals surface area (Å²) in [6.07, 6.45) is 0.839. The van der Waals surface area contributed by atoms with E-state index in [-0.39, 0.29) is 0 Å². The van der Waals surface area contributed by atoms with E-state index in [1.807, 2.05) is 26.2 Å². The van der Waals surface area contributed by atoms with E-state index in [9.17, 15) is 4.79 Å². The molecule has 78 valence electrons. The lowest BCUT2D eigenvalue weighted by Crippen LogP contribution is -2.10. The second kappa shape index (κ2) is 3.87. The van der Waals surface area contributed by atoms with Crippen LogP contribution in [0.3, 0.4) is 0 Å². The molecule has 0 spiro atoms. The molecule has 1 aromatic heterocycles. The van der Waals surface area contributed by atoms with E-state index in [4.69, 9.17) is 0 Å². The summed E-state index contributed by atoms with van der Waals surface area (Å²) in [5.74, 6) is 0. The van der Waals surface area contributed by atoms with Crippen LogP contribution in [0.5, 0.6) is 0 Å². The first-order chi connectivity index (χ1) is 7.19. The van der Waals surface area contributed by atoms with Crippen molar-refractivity contribution in [1.82, 2.24) is 9.88 Å². The summed E-state index contributed by atoms with van der Waals surface area (Å²) in [6, 6.07) is 8.08. The van der Waals surface area contributed by atoms with Crippen LogP contribution in [0.4, 0.5) is 0 Å². The molecule has 0 saturated heterocycles. The fourth-order valence-corrected chi connectivity index (χ4v) is 1.72. The molecule has 2 rings (SSSR count). The molecule has 2 aromatic rings. The number of carbonyl (C=O) groups excluding carboxylic acids is 1. The minimum Gasteiger partial charge on any atom is -0.352 e. The third-order valence-electron chi connectivity index (χ3n) is 2.33. The number of fused-ring (bicyclic) bond motifs is 1. The van der Waals surface area contributed by atoms with Gasteiger partial charge in [-0.2, -0.15) is 0 Å². The third kappa shape index (κ3) is 2.07. The van der Waals surface area contributed by atoms with Crippen molar-refractivity contribution in [3.8, 4) is 0 Å². The fourth-order valence-electron chi connectivity index (χ4n) is 1.72. The van der Waals surface area contributed by atoms with Crippen molar-refractivity contribution in [2.24, 2.45) is 0 Å². The Morgan fingerprint density at radius 1 is 1.33 bits per heavy atom. The van der Waals surface area contributed by atoms with Gasteiger partial charge in [-0.1, -0.05) is 12.1 Å². The molecule has 0 fully saturated rings. The summed E-state index contributed by atoms with van der Waals surface area (Å²) >= 11 is 0. The van der Waals surface area contributed by atoms with E-state index in [1.165, 1.54) is 5.56 Å². The number of carbonyl (C=O) groups is 1. The first-order valence-electron chi connectivity index (χ1n) is 4.90. The lowest BCUT2D eigenvalue weighted by molar-refractivity contribution is 0.112. The van der Waals surface area contributed by atoms with Crippen LogP contribution in [-0.2, 0) is 6.54 Å². The summed E-state index contributed by atoms with van der Waals surface area (Å²) in [6.45, 7) is 0.908. The molecule has 1 aromatic carbocycles. The largest absolute Gasteiger partial charge is 0.352 e. The van der Waals surface area contributed by atoms with Gasteiger partial charge in [-0.25, -0.2) is 0 Å².